The van der Waals surface area contributed by atoms with Crippen molar-refractivity contribution < 1.29 is 19.5 Å². The van der Waals surface area contributed by atoms with Gasteiger partial charge < -0.3 is 34.8 Å². The molecule has 0 aliphatic carbocycles. The maximum atomic E-state index is 13.2. The van der Waals surface area contributed by atoms with Crippen LogP contribution in [-0.4, -0.2) is 123 Å². The highest BCUT2D eigenvalue weighted by molar-refractivity contribution is 5.83. The quantitative estimate of drug-likeness (QED) is 0.339. The summed E-state index contributed by atoms with van der Waals surface area (Å²) in [4.78, 5) is 22.6. The minimum absolute atomic E-state index is 0.0243. The van der Waals surface area contributed by atoms with Gasteiger partial charge in [-0.3, -0.25) is 9.69 Å². The monoisotopic (exact) mass is 630 g/mol. The Morgan fingerprint density at radius 2 is 1.85 bits per heavy atom. The number of hydrogen-bond acceptors (Lipinski definition) is 11. The number of β-amino-alcohol motifs (C(OH)–C–C–N with tert-alkyl or cyclic N) is 1. The Balaban J connectivity index is 0.904. The molecule has 4 aliphatic heterocycles. The van der Waals surface area contributed by atoms with Crippen molar-refractivity contribution >= 4 is 17.4 Å². The highest BCUT2D eigenvalue weighted by Crippen LogP contribution is 2.37. The van der Waals surface area contributed by atoms with E-state index in [1.807, 2.05) is 38.1 Å². The van der Waals surface area contributed by atoms with Gasteiger partial charge in [0.2, 0.25) is 5.91 Å². The smallest absolute Gasteiger partial charge is 0.233 e. The third kappa shape index (κ3) is 6.30. The first-order valence-electron chi connectivity index (χ1n) is 16.9. The number of amides is 1. The van der Waals surface area contributed by atoms with Crippen LogP contribution in [0.2, 0.25) is 0 Å². The molecule has 3 N–H and O–H groups in total. The number of piperidine rings is 1. The second-order valence-electron chi connectivity index (χ2n) is 13.7. The highest BCUT2D eigenvalue weighted by atomic mass is 16.5. The lowest BCUT2D eigenvalue weighted by Crippen LogP contribution is -2.61. The molecule has 4 aliphatic rings. The van der Waals surface area contributed by atoms with Crippen LogP contribution in [0.5, 0.6) is 5.75 Å². The van der Waals surface area contributed by atoms with Gasteiger partial charge in [0.05, 0.1) is 29.2 Å². The normalized spacial score (nSPS) is 23.3. The predicted molar refractivity (Wildman–Crippen MR) is 175 cm³/mol. The number of rotatable bonds is 8. The third-order valence-electron chi connectivity index (χ3n) is 10.3. The van der Waals surface area contributed by atoms with Gasteiger partial charge in [-0.25, -0.2) is 0 Å². The van der Waals surface area contributed by atoms with Crippen LogP contribution in [0.3, 0.4) is 0 Å². The molecule has 3 fully saturated rings. The number of anilines is 2. The molecule has 2 aromatic heterocycles. The van der Waals surface area contributed by atoms with Crippen molar-refractivity contribution in [3.05, 3.63) is 47.9 Å². The maximum absolute atomic E-state index is 13.2. The van der Waals surface area contributed by atoms with Crippen molar-refractivity contribution in [3.8, 4) is 17.0 Å². The lowest BCUT2D eigenvalue weighted by molar-refractivity contribution is -0.133. The Morgan fingerprint density at radius 3 is 2.61 bits per heavy atom. The first kappa shape index (κ1) is 30.9. The molecule has 46 heavy (non-hydrogen) atoms. The highest BCUT2D eigenvalue weighted by Gasteiger charge is 2.37. The van der Waals surface area contributed by atoms with E-state index < -0.39 is 6.10 Å². The molecule has 3 saturated heterocycles. The van der Waals surface area contributed by atoms with Gasteiger partial charge in [0.15, 0.2) is 5.82 Å². The van der Waals surface area contributed by atoms with Gasteiger partial charge >= 0.3 is 0 Å². The minimum atomic E-state index is -0.432. The minimum Gasteiger partial charge on any atom is -0.507 e. The largest absolute Gasteiger partial charge is 0.507 e. The number of para-hydroxylation sites is 1. The van der Waals surface area contributed by atoms with E-state index in [2.05, 4.69) is 41.4 Å². The SMILES string of the molecule is CC(C)[C@@H](C(=O)N1CC[C@@H](O)C1)c1cc(CCN2CCC(N3CCN4c5cc(-c6ccccc6O)nnc5NC[C@H]4C3)CC2)no1. The lowest BCUT2D eigenvalue weighted by atomic mass is 9.91. The number of piperazine rings is 1. The summed E-state index contributed by atoms with van der Waals surface area (Å²) in [5.74, 6) is 1.40. The van der Waals surface area contributed by atoms with Crippen LogP contribution in [0.4, 0.5) is 11.5 Å². The third-order valence-corrected chi connectivity index (χ3v) is 10.3. The number of benzene rings is 1. The van der Waals surface area contributed by atoms with Gasteiger partial charge in [-0.2, -0.15) is 0 Å². The fourth-order valence-corrected chi connectivity index (χ4v) is 7.71. The number of aromatic nitrogens is 3. The van der Waals surface area contributed by atoms with Crippen LogP contribution in [0.25, 0.3) is 11.3 Å². The van der Waals surface area contributed by atoms with Crippen LogP contribution in [0.15, 0.2) is 40.9 Å². The number of carbonyl (C=O) groups is 1. The lowest BCUT2D eigenvalue weighted by Gasteiger charge is -2.49. The number of likely N-dealkylation sites (tertiary alicyclic amines) is 2. The van der Waals surface area contributed by atoms with Gasteiger partial charge in [0.25, 0.3) is 0 Å². The molecule has 246 valence electrons. The van der Waals surface area contributed by atoms with Crippen molar-refractivity contribution in [2.24, 2.45) is 5.92 Å². The first-order chi connectivity index (χ1) is 22.3. The molecular formula is C34H46N8O4. The number of carbonyl (C=O) groups excluding carboxylic acids is 1. The second kappa shape index (κ2) is 13.2. The number of nitrogens with one attached hydrogen (secondary N) is 1. The Hall–Kier alpha value is -3.74. The van der Waals surface area contributed by atoms with E-state index in [1.54, 1.807) is 11.0 Å². The van der Waals surface area contributed by atoms with Crippen molar-refractivity contribution in [1.82, 2.24) is 30.1 Å². The van der Waals surface area contributed by atoms with E-state index in [-0.39, 0.29) is 23.5 Å². The summed E-state index contributed by atoms with van der Waals surface area (Å²) in [6.45, 7) is 11.9. The van der Waals surface area contributed by atoms with E-state index in [4.69, 9.17) is 4.52 Å². The summed E-state index contributed by atoms with van der Waals surface area (Å²) < 4.78 is 5.72. The maximum Gasteiger partial charge on any atom is 0.233 e. The molecule has 0 radical (unpaired) electrons. The molecule has 3 atom stereocenters. The van der Waals surface area contributed by atoms with Crippen molar-refractivity contribution in [1.29, 1.82) is 0 Å². The summed E-state index contributed by atoms with van der Waals surface area (Å²) in [6, 6.07) is 12.2. The number of fused-ring (bicyclic) bond motifs is 3. The number of nitrogens with zero attached hydrogens (tertiary/aromatic N) is 7. The molecule has 12 nitrogen and oxygen atoms in total. The van der Waals surface area contributed by atoms with Crippen LogP contribution >= 0.6 is 0 Å². The van der Waals surface area contributed by atoms with Crippen LogP contribution in [-0.2, 0) is 11.2 Å². The Morgan fingerprint density at radius 1 is 1.02 bits per heavy atom. The molecule has 1 aromatic carbocycles. The van der Waals surface area contributed by atoms with E-state index in [0.717, 1.165) is 82.3 Å². The number of hydrogen-bond donors (Lipinski definition) is 3. The number of aromatic hydroxyl groups is 1. The van der Waals surface area contributed by atoms with Gasteiger partial charge in [0, 0.05) is 69.9 Å². The Labute approximate surface area is 270 Å². The molecule has 6 heterocycles. The van der Waals surface area contributed by atoms with Gasteiger partial charge in [-0.05, 0) is 56.5 Å². The fourth-order valence-electron chi connectivity index (χ4n) is 7.71. The molecule has 12 heteroatoms. The van der Waals surface area contributed by atoms with Gasteiger partial charge in [-0.15, -0.1) is 10.2 Å². The molecule has 7 rings (SSSR count). The summed E-state index contributed by atoms with van der Waals surface area (Å²) in [7, 11) is 0. The van der Waals surface area contributed by atoms with Crippen LogP contribution in [0, 0.1) is 5.92 Å². The van der Waals surface area contributed by atoms with Crippen molar-refractivity contribution in [2.75, 3.05) is 69.1 Å². The van der Waals surface area contributed by atoms with Crippen molar-refractivity contribution in [3.63, 3.8) is 0 Å². The molecule has 0 bridgehead atoms. The zero-order chi connectivity index (χ0) is 31.8. The topological polar surface area (TPSA) is 134 Å². The molecule has 3 aromatic rings. The van der Waals surface area contributed by atoms with Gasteiger partial charge in [0.1, 0.15) is 17.4 Å². The number of aliphatic hydroxyl groups is 1. The van der Waals surface area contributed by atoms with Gasteiger partial charge in [-0.1, -0.05) is 31.1 Å². The molecule has 0 unspecified atom stereocenters. The van der Waals surface area contributed by atoms with Crippen molar-refractivity contribution in [2.45, 2.75) is 63.6 Å². The molecular weight excluding hydrogens is 584 g/mol. The average Bonchev–Trinajstić information content (AvgIpc) is 3.72. The number of aliphatic hydroxyl groups excluding tert-OH is 1. The average molecular weight is 631 g/mol. The Kier molecular flexibility index (Phi) is 8.84. The molecule has 1 amide bonds. The first-order valence-corrected chi connectivity index (χ1v) is 16.9. The zero-order valence-electron chi connectivity index (χ0n) is 26.9. The van der Waals surface area contributed by atoms with E-state index in [9.17, 15) is 15.0 Å². The van der Waals surface area contributed by atoms with E-state index in [1.165, 1.54) is 0 Å². The predicted octanol–water partition coefficient (Wildman–Crippen LogP) is 2.79. The fraction of sp³-hybridized carbons (Fsp3) is 0.588. The summed E-state index contributed by atoms with van der Waals surface area (Å²) in [5.41, 5.74) is 3.35. The van der Waals surface area contributed by atoms with Crippen LogP contribution in [0.1, 0.15) is 50.5 Å². The van der Waals surface area contributed by atoms with E-state index >= 15 is 0 Å². The zero-order valence-corrected chi connectivity index (χ0v) is 26.9. The Bertz CT molecular complexity index is 1520. The molecule has 0 saturated carbocycles. The summed E-state index contributed by atoms with van der Waals surface area (Å²) in [6.07, 6.45) is 3.30. The summed E-state index contributed by atoms with van der Waals surface area (Å²) in [5, 5.41) is 36.9. The van der Waals surface area contributed by atoms with Crippen LogP contribution < -0.4 is 10.2 Å². The number of phenols is 1. The summed E-state index contributed by atoms with van der Waals surface area (Å²) >= 11 is 0. The standard InChI is InChI=1S/C34H46N8O4/c1-22(2)32(34(45)41-14-10-26(43)21-41)31-17-23(38-46-31)7-11-39-12-8-24(9-13-39)40-15-16-42-25(20-40)19-35-33-29(42)18-28(36-37-33)27-5-3-4-6-30(27)44/h3-6,17-18,22,24-26,32,43-44H,7-16,19-21H2,1-2H3,(H,35,37)/t25-,26+,32+/m0/s1. The molecule has 0 spiro atoms. The number of phenolic OH excluding ortho intramolecular Hbond substituents is 1. The second-order valence-corrected chi connectivity index (χ2v) is 13.7. The van der Waals surface area contributed by atoms with E-state index in [0.29, 0.717) is 48.6 Å².